The maximum atomic E-state index is 11.1. The molecule has 24 heavy (non-hydrogen) atoms. The Hall–Kier alpha value is -1.92. The van der Waals surface area contributed by atoms with E-state index in [9.17, 15) is 4.79 Å². The molecular weight excluding hydrogens is 398 g/mol. The summed E-state index contributed by atoms with van der Waals surface area (Å²) in [5.74, 6) is 0.253. The Kier molecular flexibility index (Phi) is 6.34. The molecule has 0 atom stereocenters. The number of ether oxygens (including phenoxy) is 2. The quantitative estimate of drug-likeness (QED) is 0.680. The second kappa shape index (κ2) is 8.26. The van der Waals surface area contributed by atoms with Crippen molar-refractivity contribution >= 4 is 39.2 Å². The first-order chi connectivity index (χ1) is 11.5. The van der Waals surface area contributed by atoms with Gasteiger partial charge in [-0.15, -0.1) is 0 Å². The molecule has 0 amide bonds. The van der Waals surface area contributed by atoms with Gasteiger partial charge in [-0.05, 0) is 37.3 Å². The lowest BCUT2D eigenvalue weighted by atomic mass is 10.1. The predicted molar refractivity (Wildman–Crippen MR) is 97.6 cm³/mol. The highest BCUT2D eigenvalue weighted by Crippen LogP contribution is 2.35. The molecule has 0 aliphatic carbocycles. The Bertz CT molecular complexity index is 752. The SMILES string of the molecule is CCOc1c(CNc2cc(C(=O)O)ccc2Cl)cc(Br)cc1OC. The molecule has 0 heterocycles. The van der Waals surface area contributed by atoms with Gasteiger partial charge in [0.15, 0.2) is 11.5 Å². The molecular formula is C17H17BrClNO4. The van der Waals surface area contributed by atoms with Crippen molar-refractivity contribution in [1.82, 2.24) is 0 Å². The minimum atomic E-state index is -1.01. The molecule has 2 aromatic carbocycles. The van der Waals surface area contributed by atoms with Crippen molar-refractivity contribution in [3.05, 3.63) is 51.0 Å². The molecule has 128 valence electrons. The van der Waals surface area contributed by atoms with Crippen molar-refractivity contribution < 1.29 is 19.4 Å². The number of rotatable bonds is 7. The van der Waals surface area contributed by atoms with Gasteiger partial charge in [0, 0.05) is 16.6 Å². The Morgan fingerprint density at radius 1 is 1.33 bits per heavy atom. The summed E-state index contributed by atoms with van der Waals surface area (Å²) in [6.45, 7) is 2.79. The third-order valence-corrected chi connectivity index (χ3v) is 4.08. The number of benzene rings is 2. The molecule has 2 aromatic rings. The molecule has 0 aliphatic heterocycles. The number of hydrogen-bond donors (Lipinski definition) is 2. The number of carboxylic acids is 1. The van der Waals surface area contributed by atoms with Crippen LogP contribution in [0, 0.1) is 0 Å². The molecule has 0 saturated heterocycles. The smallest absolute Gasteiger partial charge is 0.335 e. The normalized spacial score (nSPS) is 10.3. The highest BCUT2D eigenvalue weighted by atomic mass is 79.9. The summed E-state index contributed by atoms with van der Waals surface area (Å²) in [4.78, 5) is 11.1. The van der Waals surface area contributed by atoms with Crippen LogP contribution in [0.1, 0.15) is 22.8 Å². The lowest BCUT2D eigenvalue weighted by Gasteiger charge is -2.16. The summed E-state index contributed by atoms with van der Waals surface area (Å²) in [6, 6.07) is 8.25. The van der Waals surface area contributed by atoms with E-state index in [4.69, 9.17) is 26.2 Å². The fourth-order valence-corrected chi connectivity index (χ4v) is 2.87. The zero-order chi connectivity index (χ0) is 17.7. The Balaban J connectivity index is 2.30. The average molecular weight is 415 g/mol. The molecule has 5 nitrogen and oxygen atoms in total. The molecule has 0 fully saturated rings. The summed E-state index contributed by atoms with van der Waals surface area (Å²) < 4.78 is 11.9. The van der Waals surface area contributed by atoms with E-state index in [1.54, 1.807) is 13.2 Å². The molecule has 7 heteroatoms. The van der Waals surface area contributed by atoms with E-state index in [1.165, 1.54) is 12.1 Å². The molecule has 0 radical (unpaired) electrons. The Morgan fingerprint density at radius 2 is 2.08 bits per heavy atom. The van der Waals surface area contributed by atoms with Crippen molar-refractivity contribution in [2.45, 2.75) is 13.5 Å². The number of hydrogen-bond acceptors (Lipinski definition) is 4. The van der Waals surface area contributed by atoms with Crippen molar-refractivity contribution in [2.24, 2.45) is 0 Å². The summed E-state index contributed by atoms with van der Waals surface area (Å²) in [7, 11) is 1.58. The number of anilines is 1. The maximum Gasteiger partial charge on any atom is 0.335 e. The fourth-order valence-electron chi connectivity index (χ4n) is 2.20. The van der Waals surface area contributed by atoms with Crippen LogP contribution in [-0.4, -0.2) is 24.8 Å². The molecule has 0 spiro atoms. The summed E-state index contributed by atoms with van der Waals surface area (Å²) >= 11 is 9.58. The minimum Gasteiger partial charge on any atom is -0.493 e. The van der Waals surface area contributed by atoms with Gasteiger partial charge < -0.3 is 19.9 Å². The van der Waals surface area contributed by atoms with Gasteiger partial charge in [-0.2, -0.15) is 0 Å². The molecule has 2 rings (SSSR count). The lowest BCUT2D eigenvalue weighted by molar-refractivity contribution is 0.0697. The first-order valence-corrected chi connectivity index (χ1v) is 8.39. The molecule has 0 bridgehead atoms. The number of aromatic carboxylic acids is 1. The highest BCUT2D eigenvalue weighted by Gasteiger charge is 2.13. The van der Waals surface area contributed by atoms with Crippen molar-refractivity contribution in [1.29, 1.82) is 0 Å². The highest BCUT2D eigenvalue weighted by molar-refractivity contribution is 9.10. The van der Waals surface area contributed by atoms with E-state index in [-0.39, 0.29) is 5.56 Å². The zero-order valence-electron chi connectivity index (χ0n) is 13.2. The first-order valence-electron chi connectivity index (χ1n) is 7.22. The van der Waals surface area contributed by atoms with Crippen LogP contribution in [-0.2, 0) is 6.54 Å². The molecule has 0 saturated carbocycles. The third-order valence-electron chi connectivity index (χ3n) is 3.29. The van der Waals surface area contributed by atoms with Crippen LogP contribution in [0.15, 0.2) is 34.8 Å². The van der Waals surface area contributed by atoms with Crippen LogP contribution < -0.4 is 14.8 Å². The predicted octanol–water partition coefficient (Wildman–Crippen LogP) is 4.82. The minimum absolute atomic E-state index is 0.166. The standard InChI is InChI=1S/C17H17BrClNO4/c1-3-24-16-11(6-12(18)8-15(16)23-2)9-20-14-7-10(17(21)22)4-5-13(14)19/h4-8,20H,3,9H2,1-2H3,(H,21,22). The second-order valence-electron chi connectivity index (χ2n) is 4.88. The van der Waals surface area contributed by atoms with E-state index in [0.717, 1.165) is 10.0 Å². The van der Waals surface area contributed by atoms with Gasteiger partial charge in [0.05, 0.1) is 30.0 Å². The molecule has 0 unspecified atom stereocenters. The van der Waals surface area contributed by atoms with Crippen molar-refractivity contribution in [2.75, 3.05) is 19.0 Å². The third kappa shape index (κ3) is 4.33. The average Bonchev–Trinajstić information content (AvgIpc) is 2.55. The topological polar surface area (TPSA) is 67.8 Å². The number of carbonyl (C=O) groups is 1. The van der Waals surface area contributed by atoms with E-state index in [2.05, 4.69) is 21.2 Å². The largest absolute Gasteiger partial charge is 0.493 e. The molecule has 0 aliphatic rings. The summed E-state index contributed by atoms with van der Waals surface area (Å²) in [5, 5.41) is 12.7. The van der Waals surface area contributed by atoms with Crippen LogP contribution in [0.3, 0.4) is 0 Å². The lowest BCUT2D eigenvalue weighted by Crippen LogP contribution is -2.06. The molecule has 2 N–H and O–H groups in total. The van der Waals surface area contributed by atoms with Gasteiger partial charge in [0.2, 0.25) is 0 Å². The van der Waals surface area contributed by atoms with Gasteiger partial charge in [-0.3, -0.25) is 0 Å². The monoisotopic (exact) mass is 413 g/mol. The Labute approximate surface area is 153 Å². The number of methoxy groups -OCH3 is 1. The Morgan fingerprint density at radius 3 is 2.71 bits per heavy atom. The van der Waals surface area contributed by atoms with Crippen LogP contribution in [0.4, 0.5) is 5.69 Å². The van der Waals surface area contributed by atoms with Gasteiger partial charge in [-0.1, -0.05) is 27.5 Å². The number of carboxylic acid groups (broad SMARTS) is 1. The zero-order valence-corrected chi connectivity index (χ0v) is 15.6. The van der Waals surface area contributed by atoms with Crippen LogP contribution in [0.2, 0.25) is 5.02 Å². The van der Waals surface area contributed by atoms with Crippen LogP contribution in [0.5, 0.6) is 11.5 Å². The van der Waals surface area contributed by atoms with E-state index < -0.39 is 5.97 Å². The van der Waals surface area contributed by atoms with Gasteiger partial charge in [0.25, 0.3) is 0 Å². The van der Waals surface area contributed by atoms with Crippen LogP contribution in [0.25, 0.3) is 0 Å². The summed E-state index contributed by atoms with van der Waals surface area (Å²) in [5.41, 5.74) is 1.57. The fraction of sp³-hybridized carbons (Fsp3) is 0.235. The number of nitrogens with one attached hydrogen (secondary N) is 1. The first kappa shape index (κ1) is 18.4. The maximum absolute atomic E-state index is 11.1. The van der Waals surface area contributed by atoms with E-state index >= 15 is 0 Å². The summed E-state index contributed by atoms with van der Waals surface area (Å²) in [6.07, 6.45) is 0. The van der Waals surface area contributed by atoms with Gasteiger partial charge in [0.1, 0.15) is 0 Å². The second-order valence-corrected chi connectivity index (χ2v) is 6.21. The van der Waals surface area contributed by atoms with Crippen LogP contribution >= 0.6 is 27.5 Å². The van der Waals surface area contributed by atoms with Crippen molar-refractivity contribution in [3.63, 3.8) is 0 Å². The van der Waals surface area contributed by atoms with Crippen molar-refractivity contribution in [3.8, 4) is 11.5 Å². The van der Waals surface area contributed by atoms with Gasteiger partial charge >= 0.3 is 5.97 Å². The van der Waals surface area contributed by atoms with E-state index in [1.807, 2.05) is 19.1 Å². The van der Waals surface area contributed by atoms with E-state index in [0.29, 0.717) is 35.4 Å². The van der Waals surface area contributed by atoms with Gasteiger partial charge in [-0.25, -0.2) is 4.79 Å². The number of halogens is 2. The molecule has 0 aromatic heterocycles.